The first kappa shape index (κ1) is 14.8. The van der Waals surface area contributed by atoms with Crippen molar-refractivity contribution in [1.82, 2.24) is 9.97 Å². The predicted octanol–water partition coefficient (Wildman–Crippen LogP) is 3.25. The highest BCUT2D eigenvalue weighted by molar-refractivity contribution is 5.73. The van der Waals surface area contributed by atoms with Gasteiger partial charge in [0.25, 0.3) is 0 Å². The first-order chi connectivity index (χ1) is 11.1. The molecule has 2 aromatic carbocycles. The van der Waals surface area contributed by atoms with Crippen LogP contribution in [0.1, 0.15) is 0 Å². The highest BCUT2D eigenvalue weighted by atomic mass is 19.1. The lowest BCUT2D eigenvalue weighted by Crippen LogP contribution is -1.99. The third kappa shape index (κ3) is 3.06. The molecule has 3 rings (SSSR count). The summed E-state index contributed by atoms with van der Waals surface area (Å²) >= 11 is 0. The summed E-state index contributed by atoms with van der Waals surface area (Å²) in [5.74, 6) is 0.210. The number of aromatic nitrogens is 2. The summed E-state index contributed by atoms with van der Waals surface area (Å²) in [5.41, 5.74) is 7.73. The number of halogens is 1. The molecule has 23 heavy (non-hydrogen) atoms. The SMILES string of the molecule is COc1ccc(-c2cc(-c3cc(F)ccc3O)nc(N)n2)cc1. The quantitative estimate of drug-likeness (QED) is 0.776. The van der Waals surface area contributed by atoms with Gasteiger partial charge in [0.1, 0.15) is 17.3 Å². The summed E-state index contributed by atoms with van der Waals surface area (Å²) in [4.78, 5) is 8.27. The van der Waals surface area contributed by atoms with Crippen molar-refractivity contribution in [1.29, 1.82) is 0 Å². The molecular formula is C17H14FN3O2. The predicted molar refractivity (Wildman–Crippen MR) is 85.5 cm³/mol. The van der Waals surface area contributed by atoms with Gasteiger partial charge in [-0.2, -0.15) is 0 Å². The molecule has 0 bridgehead atoms. The first-order valence-corrected chi connectivity index (χ1v) is 6.84. The standard InChI is InChI=1S/C17H14FN3O2/c1-23-12-5-2-10(3-6-12)14-9-15(21-17(19)20-14)13-8-11(18)4-7-16(13)22/h2-9,22H,1H3,(H2,19,20,21). The molecule has 0 unspecified atom stereocenters. The lowest BCUT2D eigenvalue weighted by Gasteiger charge is -2.08. The Labute approximate surface area is 132 Å². The van der Waals surface area contributed by atoms with Gasteiger partial charge < -0.3 is 15.6 Å². The number of aromatic hydroxyl groups is 1. The maximum Gasteiger partial charge on any atom is 0.221 e. The minimum Gasteiger partial charge on any atom is -0.507 e. The molecule has 0 fully saturated rings. The Morgan fingerprint density at radius 2 is 1.70 bits per heavy atom. The number of nitrogens with two attached hydrogens (primary N) is 1. The molecule has 0 radical (unpaired) electrons. The molecule has 0 aliphatic carbocycles. The molecule has 0 atom stereocenters. The second kappa shape index (κ2) is 5.92. The van der Waals surface area contributed by atoms with Gasteiger partial charge in [0.2, 0.25) is 5.95 Å². The number of methoxy groups -OCH3 is 1. The van der Waals surface area contributed by atoms with E-state index in [1.54, 1.807) is 25.3 Å². The van der Waals surface area contributed by atoms with Gasteiger partial charge in [-0.1, -0.05) is 0 Å². The molecule has 0 aliphatic rings. The van der Waals surface area contributed by atoms with E-state index in [0.717, 1.165) is 11.3 Å². The Balaban J connectivity index is 2.10. The number of phenols is 1. The lowest BCUT2D eigenvalue weighted by atomic mass is 10.1. The number of hydrogen-bond donors (Lipinski definition) is 2. The van der Waals surface area contributed by atoms with Gasteiger partial charge >= 0.3 is 0 Å². The second-order valence-electron chi connectivity index (χ2n) is 4.89. The van der Waals surface area contributed by atoms with Gasteiger partial charge in [-0.15, -0.1) is 0 Å². The van der Waals surface area contributed by atoms with Crippen molar-refractivity contribution in [3.8, 4) is 34.0 Å². The molecule has 0 amide bonds. The van der Waals surface area contributed by atoms with Crippen LogP contribution in [0, 0.1) is 5.82 Å². The first-order valence-electron chi connectivity index (χ1n) is 6.84. The van der Waals surface area contributed by atoms with Gasteiger partial charge in [-0.05, 0) is 48.5 Å². The van der Waals surface area contributed by atoms with E-state index in [9.17, 15) is 9.50 Å². The van der Waals surface area contributed by atoms with E-state index >= 15 is 0 Å². The molecule has 0 spiro atoms. The summed E-state index contributed by atoms with van der Waals surface area (Å²) in [6, 6.07) is 12.6. The van der Waals surface area contributed by atoms with E-state index in [4.69, 9.17) is 10.5 Å². The summed E-state index contributed by atoms with van der Waals surface area (Å²) in [6.45, 7) is 0. The summed E-state index contributed by atoms with van der Waals surface area (Å²) in [6.07, 6.45) is 0. The van der Waals surface area contributed by atoms with Crippen LogP contribution in [-0.4, -0.2) is 22.2 Å². The number of hydrogen-bond acceptors (Lipinski definition) is 5. The molecule has 3 N–H and O–H groups in total. The zero-order chi connectivity index (χ0) is 16.4. The average Bonchev–Trinajstić information content (AvgIpc) is 2.56. The molecule has 0 saturated heterocycles. The summed E-state index contributed by atoms with van der Waals surface area (Å²) in [5, 5.41) is 9.92. The van der Waals surface area contributed by atoms with Gasteiger partial charge in [0.05, 0.1) is 18.5 Å². The number of rotatable bonds is 3. The molecule has 6 heteroatoms. The maximum atomic E-state index is 13.4. The fraction of sp³-hybridized carbons (Fsp3) is 0.0588. The van der Waals surface area contributed by atoms with Crippen molar-refractivity contribution in [2.24, 2.45) is 0 Å². The molecular weight excluding hydrogens is 297 g/mol. The van der Waals surface area contributed by atoms with Crippen molar-refractivity contribution < 1.29 is 14.2 Å². The zero-order valence-corrected chi connectivity index (χ0v) is 12.3. The molecule has 1 heterocycles. The van der Waals surface area contributed by atoms with Crippen molar-refractivity contribution in [3.05, 3.63) is 54.3 Å². The number of benzene rings is 2. The smallest absolute Gasteiger partial charge is 0.221 e. The van der Waals surface area contributed by atoms with Gasteiger partial charge in [0, 0.05) is 11.1 Å². The van der Waals surface area contributed by atoms with Crippen LogP contribution in [0.3, 0.4) is 0 Å². The van der Waals surface area contributed by atoms with E-state index in [0.29, 0.717) is 11.4 Å². The van der Waals surface area contributed by atoms with E-state index in [1.807, 2.05) is 12.1 Å². The number of nitrogens with zero attached hydrogens (tertiary/aromatic N) is 2. The zero-order valence-electron chi connectivity index (χ0n) is 12.3. The maximum absolute atomic E-state index is 13.4. The molecule has 1 aromatic heterocycles. The minimum absolute atomic E-state index is 0.0389. The van der Waals surface area contributed by atoms with Gasteiger partial charge in [-0.25, -0.2) is 14.4 Å². The topological polar surface area (TPSA) is 81.3 Å². The summed E-state index contributed by atoms with van der Waals surface area (Å²) < 4.78 is 18.6. The normalized spacial score (nSPS) is 10.5. The molecule has 5 nitrogen and oxygen atoms in total. The van der Waals surface area contributed by atoms with E-state index in [-0.39, 0.29) is 17.3 Å². The van der Waals surface area contributed by atoms with Crippen LogP contribution >= 0.6 is 0 Å². The van der Waals surface area contributed by atoms with E-state index in [2.05, 4.69) is 9.97 Å². The van der Waals surface area contributed by atoms with Crippen LogP contribution in [-0.2, 0) is 0 Å². The van der Waals surface area contributed by atoms with Crippen molar-refractivity contribution in [2.45, 2.75) is 0 Å². The Bertz CT molecular complexity index is 851. The molecule has 3 aromatic rings. The fourth-order valence-electron chi connectivity index (χ4n) is 2.23. The summed E-state index contributed by atoms with van der Waals surface area (Å²) in [7, 11) is 1.59. The third-order valence-electron chi connectivity index (χ3n) is 3.36. The van der Waals surface area contributed by atoms with Crippen LogP contribution in [0.4, 0.5) is 10.3 Å². The van der Waals surface area contributed by atoms with E-state index < -0.39 is 5.82 Å². The monoisotopic (exact) mass is 311 g/mol. The van der Waals surface area contributed by atoms with E-state index in [1.165, 1.54) is 18.2 Å². The lowest BCUT2D eigenvalue weighted by molar-refractivity contribution is 0.415. The van der Waals surface area contributed by atoms with Crippen molar-refractivity contribution in [3.63, 3.8) is 0 Å². The average molecular weight is 311 g/mol. The van der Waals surface area contributed by atoms with Crippen molar-refractivity contribution in [2.75, 3.05) is 12.8 Å². The Morgan fingerprint density at radius 1 is 1.00 bits per heavy atom. The number of ether oxygens (including phenoxy) is 1. The Hall–Kier alpha value is -3.15. The van der Waals surface area contributed by atoms with Gasteiger partial charge in [0.15, 0.2) is 0 Å². The molecule has 116 valence electrons. The van der Waals surface area contributed by atoms with Crippen LogP contribution in [0.15, 0.2) is 48.5 Å². The van der Waals surface area contributed by atoms with Crippen molar-refractivity contribution >= 4 is 5.95 Å². The van der Waals surface area contributed by atoms with Crippen LogP contribution in [0.25, 0.3) is 22.5 Å². The van der Waals surface area contributed by atoms with Crippen LogP contribution in [0.2, 0.25) is 0 Å². The minimum atomic E-state index is -0.471. The Morgan fingerprint density at radius 3 is 2.39 bits per heavy atom. The number of nitrogen functional groups attached to an aromatic ring is 1. The molecule has 0 aliphatic heterocycles. The Kier molecular flexibility index (Phi) is 3.80. The van der Waals surface area contributed by atoms with Crippen LogP contribution < -0.4 is 10.5 Å². The highest BCUT2D eigenvalue weighted by Gasteiger charge is 2.11. The third-order valence-corrected chi connectivity index (χ3v) is 3.36. The van der Waals surface area contributed by atoms with Crippen LogP contribution in [0.5, 0.6) is 11.5 Å². The largest absolute Gasteiger partial charge is 0.507 e. The molecule has 0 saturated carbocycles. The number of anilines is 1. The van der Waals surface area contributed by atoms with Gasteiger partial charge in [-0.3, -0.25) is 0 Å². The second-order valence-corrected chi connectivity index (χ2v) is 4.89. The fourth-order valence-corrected chi connectivity index (χ4v) is 2.23. The highest BCUT2D eigenvalue weighted by Crippen LogP contribution is 2.31. The number of phenolic OH excluding ortho intramolecular Hbond substituents is 1.